The summed E-state index contributed by atoms with van der Waals surface area (Å²) >= 11 is 1.53. The van der Waals surface area contributed by atoms with Gasteiger partial charge in [0.25, 0.3) is 0 Å². The molecule has 0 aromatic heterocycles. The Labute approximate surface area is 171 Å². The van der Waals surface area contributed by atoms with Crippen molar-refractivity contribution in [1.29, 1.82) is 0 Å². The predicted molar refractivity (Wildman–Crippen MR) is 107 cm³/mol. The van der Waals surface area contributed by atoms with Gasteiger partial charge in [-0.2, -0.15) is 17.5 Å². The molecule has 0 unspecified atom stereocenters. The van der Waals surface area contributed by atoms with Gasteiger partial charge in [-0.15, -0.1) is 18.3 Å². The van der Waals surface area contributed by atoms with Crippen LogP contribution in [0.2, 0.25) is 0 Å². The molecular weight excluding hydrogens is 425 g/mol. The number of nitrogens with one attached hydrogen (secondary N) is 1. The fourth-order valence-corrected chi connectivity index (χ4v) is 4.23. The normalized spacial score (nSPS) is 12.0. The Morgan fingerprint density at radius 1 is 1.21 bits per heavy atom. The number of carbonyl (C=O) groups is 1. The summed E-state index contributed by atoms with van der Waals surface area (Å²) in [6, 6.07) is 10.3. The Morgan fingerprint density at radius 3 is 2.41 bits per heavy atom. The van der Waals surface area contributed by atoms with E-state index in [0.717, 1.165) is 27.4 Å². The van der Waals surface area contributed by atoms with Crippen LogP contribution in [-0.2, 0) is 21.0 Å². The number of benzene rings is 2. The molecular formula is C19H19F3N2O3S2. The average molecular weight is 445 g/mol. The van der Waals surface area contributed by atoms with Gasteiger partial charge in [-0.05, 0) is 48.7 Å². The highest BCUT2D eigenvalue weighted by atomic mass is 32.2. The lowest BCUT2D eigenvalue weighted by molar-refractivity contribution is -0.137. The largest absolute Gasteiger partial charge is 0.416 e. The summed E-state index contributed by atoms with van der Waals surface area (Å²) in [7, 11) is -4.35. The van der Waals surface area contributed by atoms with Crippen LogP contribution in [0.15, 0.2) is 71.0 Å². The van der Waals surface area contributed by atoms with E-state index in [0.29, 0.717) is 11.8 Å². The summed E-state index contributed by atoms with van der Waals surface area (Å²) in [5.74, 6) is -0.626. The van der Waals surface area contributed by atoms with Gasteiger partial charge in [-0.1, -0.05) is 12.1 Å². The number of halogens is 3. The van der Waals surface area contributed by atoms with Gasteiger partial charge in [-0.25, -0.2) is 8.42 Å². The zero-order valence-electron chi connectivity index (χ0n) is 15.4. The molecule has 2 aromatic carbocycles. The van der Waals surface area contributed by atoms with Crippen molar-refractivity contribution in [2.24, 2.45) is 0 Å². The predicted octanol–water partition coefficient (Wildman–Crippen LogP) is 4.24. The maximum Gasteiger partial charge on any atom is 0.416 e. The lowest BCUT2D eigenvalue weighted by Gasteiger charge is -2.21. The molecule has 0 radical (unpaired) electrons. The molecule has 0 fully saturated rings. The van der Waals surface area contributed by atoms with Crippen LogP contribution >= 0.6 is 11.8 Å². The van der Waals surface area contributed by atoms with Crippen molar-refractivity contribution in [3.05, 3.63) is 66.7 Å². The number of rotatable bonds is 8. The van der Waals surface area contributed by atoms with E-state index in [1.807, 2.05) is 6.26 Å². The second-order valence-electron chi connectivity index (χ2n) is 5.89. The number of thioether (sulfide) groups is 1. The van der Waals surface area contributed by atoms with E-state index in [1.165, 1.54) is 17.8 Å². The highest BCUT2D eigenvalue weighted by Gasteiger charge is 2.33. The quantitative estimate of drug-likeness (QED) is 0.489. The number of nitrogens with zero attached hydrogens (tertiary/aromatic N) is 1. The molecule has 2 rings (SSSR count). The molecule has 156 valence electrons. The summed E-state index contributed by atoms with van der Waals surface area (Å²) in [5.41, 5.74) is -0.613. The van der Waals surface area contributed by atoms with E-state index in [4.69, 9.17) is 0 Å². The molecule has 29 heavy (non-hydrogen) atoms. The number of amides is 1. The molecule has 0 saturated heterocycles. The van der Waals surface area contributed by atoms with Crippen LogP contribution in [0.1, 0.15) is 5.56 Å². The minimum absolute atomic E-state index is 0.239. The summed E-state index contributed by atoms with van der Waals surface area (Å²) in [5, 5.41) is 2.57. The molecule has 2 aromatic rings. The van der Waals surface area contributed by atoms with Crippen LogP contribution < -0.4 is 5.32 Å². The standard InChI is InChI=1S/C19H19F3N2O3S2/c1-3-11-24(13-18(25)23-15-7-9-16(28-2)10-8-15)29(26,27)17-6-4-5-14(12-17)19(20,21)22/h3-10,12H,1,11,13H2,2H3,(H,23,25). The summed E-state index contributed by atoms with van der Waals surface area (Å²) < 4.78 is 65.1. The fraction of sp³-hybridized carbons (Fsp3) is 0.211. The minimum atomic E-state index is -4.69. The molecule has 0 heterocycles. The Hall–Kier alpha value is -2.30. The summed E-state index contributed by atoms with van der Waals surface area (Å²) in [4.78, 5) is 12.8. The van der Waals surface area contributed by atoms with Gasteiger partial charge in [0.1, 0.15) is 0 Å². The van der Waals surface area contributed by atoms with E-state index in [2.05, 4.69) is 11.9 Å². The molecule has 0 atom stereocenters. The van der Waals surface area contributed by atoms with Crippen molar-refractivity contribution < 1.29 is 26.4 Å². The molecule has 1 N–H and O–H groups in total. The molecule has 10 heteroatoms. The van der Waals surface area contributed by atoms with Gasteiger partial charge in [0.15, 0.2) is 0 Å². The third-order valence-electron chi connectivity index (χ3n) is 3.83. The van der Waals surface area contributed by atoms with Crippen LogP contribution in [0.25, 0.3) is 0 Å². The number of hydrogen-bond donors (Lipinski definition) is 1. The van der Waals surface area contributed by atoms with Gasteiger partial charge in [-0.3, -0.25) is 4.79 Å². The zero-order valence-corrected chi connectivity index (χ0v) is 17.1. The maximum absolute atomic E-state index is 12.9. The fourth-order valence-electron chi connectivity index (χ4n) is 2.41. The second kappa shape index (κ2) is 9.47. The third kappa shape index (κ3) is 6.09. The Bertz CT molecular complexity index is 975. The van der Waals surface area contributed by atoms with Crippen LogP contribution in [0, 0.1) is 0 Å². The van der Waals surface area contributed by atoms with E-state index >= 15 is 0 Å². The van der Waals surface area contributed by atoms with Crippen molar-refractivity contribution in [3.63, 3.8) is 0 Å². The highest BCUT2D eigenvalue weighted by molar-refractivity contribution is 7.98. The molecule has 5 nitrogen and oxygen atoms in total. The smallest absolute Gasteiger partial charge is 0.325 e. The molecule has 0 spiro atoms. The van der Waals surface area contributed by atoms with E-state index < -0.39 is 39.1 Å². The second-order valence-corrected chi connectivity index (χ2v) is 8.71. The van der Waals surface area contributed by atoms with Crippen molar-refractivity contribution in [2.45, 2.75) is 16.0 Å². The molecule has 0 aliphatic carbocycles. The van der Waals surface area contributed by atoms with Crippen molar-refractivity contribution >= 4 is 33.4 Å². The van der Waals surface area contributed by atoms with Gasteiger partial charge >= 0.3 is 6.18 Å². The monoisotopic (exact) mass is 444 g/mol. The first-order valence-electron chi connectivity index (χ1n) is 8.30. The number of sulfonamides is 1. The van der Waals surface area contributed by atoms with E-state index in [9.17, 15) is 26.4 Å². The summed E-state index contributed by atoms with van der Waals surface area (Å²) in [6.45, 7) is 2.64. The van der Waals surface area contributed by atoms with Crippen LogP contribution in [0.5, 0.6) is 0 Å². The first kappa shape index (κ1) is 23.0. The molecule has 0 bridgehead atoms. The van der Waals surface area contributed by atoms with Crippen molar-refractivity contribution in [1.82, 2.24) is 4.31 Å². The van der Waals surface area contributed by atoms with Gasteiger partial charge < -0.3 is 5.32 Å². The lowest BCUT2D eigenvalue weighted by Crippen LogP contribution is -2.38. The Morgan fingerprint density at radius 2 is 1.86 bits per heavy atom. The van der Waals surface area contributed by atoms with Gasteiger partial charge in [0.2, 0.25) is 15.9 Å². The Balaban J connectivity index is 2.22. The van der Waals surface area contributed by atoms with Gasteiger partial charge in [0, 0.05) is 17.1 Å². The molecule has 0 aliphatic heterocycles. The number of anilines is 1. The first-order valence-corrected chi connectivity index (χ1v) is 11.0. The van der Waals surface area contributed by atoms with Gasteiger partial charge in [0.05, 0.1) is 17.0 Å². The maximum atomic E-state index is 12.9. The number of carbonyl (C=O) groups excluding carboxylic acids is 1. The topological polar surface area (TPSA) is 66.5 Å². The number of alkyl halides is 3. The average Bonchev–Trinajstić information content (AvgIpc) is 2.67. The minimum Gasteiger partial charge on any atom is -0.325 e. The highest BCUT2D eigenvalue weighted by Crippen LogP contribution is 2.31. The van der Waals surface area contributed by atoms with Crippen LogP contribution in [0.4, 0.5) is 18.9 Å². The first-order chi connectivity index (χ1) is 13.6. The van der Waals surface area contributed by atoms with E-state index in [1.54, 1.807) is 24.3 Å². The van der Waals surface area contributed by atoms with Crippen molar-refractivity contribution in [2.75, 3.05) is 24.7 Å². The molecule has 0 aliphatic rings. The zero-order chi connectivity index (χ0) is 21.7. The lowest BCUT2D eigenvalue weighted by atomic mass is 10.2. The molecule has 0 saturated carbocycles. The SMILES string of the molecule is C=CCN(CC(=O)Nc1ccc(SC)cc1)S(=O)(=O)c1cccc(C(F)(F)F)c1. The molecule has 1 amide bonds. The number of hydrogen-bond acceptors (Lipinski definition) is 4. The van der Waals surface area contributed by atoms with Crippen LogP contribution in [-0.4, -0.2) is 38.0 Å². The van der Waals surface area contributed by atoms with E-state index in [-0.39, 0.29) is 6.54 Å². The van der Waals surface area contributed by atoms with Crippen LogP contribution in [0.3, 0.4) is 0 Å². The third-order valence-corrected chi connectivity index (χ3v) is 6.38. The summed E-state index contributed by atoms with van der Waals surface area (Å²) in [6.07, 6.45) is -1.53. The Kier molecular flexibility index (Phi) is 7.50. The van der Waals surface area contributed by atoms with Crippen molar-refractivity contribution in [3.8, 4) is 0 Å².